The first-order chi connectivity index (χ1) is 11.0. The van der Waals surface area contributed by atoms with Crippen molar-refractivity contribution in [3.05, 3.63) is 70.0 Å². The lowest BCUT2D eigenvalue weighted by atomic mass is 10.0. The molecule has 2 aromatic heterocycles. The molecule has 0 amide bonds. The highest BCUT2D eigenvalue weighted by Crippen LogP contribution is 2.19. The molecule has 1 aromatic carbocycles. The second kappa shape index (κ2) is 5.76. The molecule has 1 N–H and O–H groups in total. The van der Waals surface area contributed by atoms with Gasteiger partial charge in [0.15, 0.2) is 0 Å². The fourth-order valence-electron chi connectivity index (χ4n) is 2.53. The predicted molar refractivity (Wildman–Crippen MR) is 87.1 cm³/mol. The monoisotopic (exact) mass is 311 g/mol. The smallest absolute Gasteiger partial charge is 0.371 e. The first-order valence-electron chi connectivity index (χ1n) is 7.41. The van der Waals surface area contributed by atoms with E-state index in [9.17, 15) is 9.59 Å². The van der Waals surface area contributed by atoms with Crippen LogP contribution >= 0.6 is 0 Å². The molecule has 0 aliphatic rings. The van der Waals surface area contributed by atoms with E-state index in [0.29, 0.717) is 17.1 Å². The Hall–Kier alpha value is -2.82. The van der Waals surface area contributed by atoms with Gasteiger partial charge in [-0.25, -0.2) is 4.79 Å². The van der Waals surface area contributed by atoms with E-state index in [-0.39, 0.29) is 17.9 Å². The average molecular weight is 311 g/mol. The van der Waals surface area contributed by atoms with E-state index < -0.39 is 5.97 Å². The Kier molecular flexibility index (Phi) is 3.78. The lowest BCUT2D eigenvalue weighted by Crippen LogP contribution is -2.20. The first-order valence-corrected chi connectivity index (χ1v) is 7.41. The summed E-state index contributed by atoms with van der Waals surface area (Å²) in [4.78, 5) is 23.5. The van der Waals surface area contributed by atoms with Gasteiger partial charge in [-0.2, -0.15) is 0 Å². The summed E-state index contributed by atoms with van der Waals surface area (Å²) < 4.78 is 6.74. The number of hydrogen-bond donors (Lipinski definition) is 1. The lowest BCUT2D eigenvalue weighted by Gasteiger charge is -2.09. The average Bonchev–Trinajstić information content (AvgIpc) is 2.98. The summed E-state index contributed by atoms with van der Waals surface area (Å²) in [5.41, 5.74) is 0.997. The van der Waals surface area contributed by atoms with Gasteiger partial charge in [0.25, 0.3) is 5.56 Å². The molecule has 0 aliphatic heterocycles. The number of pyridine rings is 1. The van der Waals surface area contributed by atoms with Crippen LogP contribution in [0.5, 0.6) is 0 Å². The van der Waals surface area contributed by atoms with Gasteiger partial charge in [-0.3, -0.25) is 4.79 Å². The summed E-state index contributed by atoms with van der Waals surface area (Å²) in [6.07, 6.45) is 1.70. The molecule has 0 saturated carbocycles. The molecule has 2 heterocycles. The van der Waals surface area contributed by atoms with Crippen molar-refractivity contribution >= 4 is 16.7 Å². The van der Waals surface area contributed by atoms with E-state index in [4.69, 9.17) is 9.52 Å². The highest BCUT2D eigenvalue weighted by atomic mass is 16.4. The number of hydrogen-bond acceptors (Lipinski definition) is 3. The van der Waals surface area contributed by atoms with Crippen molar-refractivity contribution < 1.29 is 14.3 Å². The van der Waals surface area contributed by atoms with Crippen molar-refractivity contribution in [3.8, 4) is 0 Å². The quantitative estimate of drug-likeness (QED) is 0.801. The SMILES string of the molecule is CC(C)c1ccc2ccn(Cc3ccc(C(=O)O)o3)c(=O)c2c1. The third kappa shape index (κ3) is 2.90. The summed E-state index contributed by atoms with van der Waals surface area (Å²) in [5, 5.41) is 10.4. The summed E-state index contributed by atoms with van der Waals surface area (Å²) in [6, 6.07) is 10.7. The molecule has 0 bridgehead atoms. The fraction of sp³-hybridized carbons (Fsp3) is 0.222. The van der Waals surface area contributed by atoms with Crippen LogP contribution in [0.25, 0.3) is 10.8 Å². The molecule has 5 heteroatoms. The number of carboxylic acid groups (broad SMARTS) is 1. The lowest BCUT2D eigenvalue weighted by molar-refractivity contribution is 0.0660. The number of fused-ring (bicyclic) bond motifs is 1. The molecule has 0 spiro atoms. The van der Waals surface area contributed by atoms with Crippen LogP contribution < -0.4 is 5.56 Å². The van der Waals surface area contributed by atoms with Crippen LogP contribution in [0.15, 0.2) is 51.8 Å². The van der Waals surface area contributed by atoms with Gasteiger partial charge in [-0.15, -0.1) is 0 Å². The normalized spacial score (nSPS) is 11.3. The van der Waals surface area contributed by atoms with Crippen molar-refractivity contribution in [1.29, 1.82) is 0 Å². The molecule has 0 saturated heterocycles. The minimum atomic E-state index is -1.12. The number of aromatic nitrogens is 1. The second-order valence-electron chi connectivity index (χ2n) is 5.82. The molecule has 3 rings (SSSR count). The summed E-state index contributed by atoms with van der Waals surface area (Å²) in [6.45, 7) is 4.37. The standard InChI is InChI=1S/C18H17NO4/c1-11(2)13-4-3-12-7-8-19(17(20)15(12)9-13)10-14-5-6-16(23-14)18(21)22/h3-9,11H,10H2,1-2H3,(H,21,22). The van der Waals surface area contributed by atoms with E-state index in [1.54, 1.807) is 12.3 Å². The maximum Gasteiger partial charge on any atom is 0.371 e. The Morgan fingerprint density at radius 2 is 2.00 bits per heavy atom. The number of carbonyl (C=O) groups is 1. The van der Waals surface area contributed by atoms with E-state index in [2.05, 4.69) is 13.8 Å². The highest BCUT2D eigenvalue weighted by molar-refractivity contribution is 5.84. The molecule has 23 heavy (non-hydrogen) atoms. The van der Waals surface area contributed by atoms with Crippen LogP contribution in [0, 0.1) is 0 Å². The van der Waals surface area contributed by atoms with Crippen LogP contribution in [-0.4, -0.2) is 15.6 Å². The van der Waals surface area contributed by atoms with Gasteiger partial charge < -0.3 is 14.1 Å². The molecular formula is C18H17NO4. The van der Waals surface area contributed by atoms with E-state index in [1.165, 1.54) is 10.6 Å². The van der Waals surface area contributed by atoms with Gasteiger partial charge in [0.05, 0.1) is 6.54 Å². The van der Waals surface area contributed by atoms with Gasteiger partial charge in [-0.05, 0) is 41.1 Å². The number of aromatic carboxylic acids is 1. The summed E-state index contributed by atoms with van der Waals surface area (Å²) in [7, 11) is 0. The van der Waals surface area contributed by atoms with Crippen LogP contribution in [-0.2, 0) is 6.54 Å². The third-order valence-electron chi connectivity index (χ3n) is 3.87. The minimum Gasteiger partial charge on any atom is -0.475 e. The van der Waals surface area contributed by atoms with Crippen molar-refractivity contribution in [2.45, 2.75) is 26.3 Å². The fourth-order valence-corrected chi connectivity index (χ4v) is 2.53. The van der Waals surface area contributed by atoms with Gasteiger partial charge in [-0.1, -0.05) is 26.0 Å². The molecule has 3 aromatic rings. The second-order valence-corrected chi connectivity index (χ2v) is 5.82. The molecule has 0 atom stereocenters. The number of nitrogens with zero attached hydrogens (tertiary/aromatic N) is 1. The van der Waals surface area contributed by atoms with Crippen molar-refractivity contribution in [2.75, 3.05) is 0 Å². The Labute approximate surface area is 132 Å². The van der Waals surface area contributed by atoms with Crippen LogP contribution in [0.3, 0.4) is 0 Å². The zero-order valence-corrected chi connectivity index (χ0v) is 12.9. The zero-order valence-electron chi connectivity index (χ0n) is 12.9. The van der Waals surface area contributed by atoms with Crippen LogP contribution in [0.1, 0.15) is 41.6 Å². The maximum absolute atomic E-state index is 12.7. The van der Waals surface area contributed by atoms with E-state index in [0.717, 1.165) is 10.9 Å². The van der Waals surface area contributed by atoms with Crippen molar-refractivity contribution in [3.63, 3.8) is 0 Å². The van der Waals surface area contributed by atoms with Gasteiger partial charge >= 0.3 is 5.97 Å². The number of benzene rings is 1. The number of carboxylic acids is 1. The molecule has 118 valence electrons. The highest BCUT2D eigenvalue weighted by Gasteiger charge is 2.11. The molecule has 0 aliphatic carbocycles. The predicted octanol–water partition coefficient (Wildman–Crippen LogP) is 3.46. The Morgan fingerprint density at radius 1 is 1.22 bits per heavy atom. The Bertz CT molecular complexity index is 934. The van der Waals surface area contributed by atoms with Crippen molar-refractivity contribution in [2.24, 2.45) is 0 Å². The molecular weight excluding hydrogens is 294 g/mol. The number of furan rings is 1. The first kappa shape index (κ1) is 15.1. The molecule has 5 nitrogen and oxygen atoms in total. The van der Waals surface area contributed by atoms with Gasteiger partial charge in [0.1, 0.15) is 5.76 Å². The molecule has 0 fully saturated rings. The number of rotatable bonds is 4. The minimum absolute atomic E-state index is 0.113. The maximum atomic E-state index is 12.7. The van der Waals surface area contributed by atoms with Crippen LogP contribution in [0.2, 0.25) is 0 Å². The largest absolute Gasteiger partial charge is 0.475 e. The van der Waals surface area contributed by atoms with Crippen molar-refractivity contribution in [1.82, 2.24) is 4.57 Å². The van der Waals surface area contributed by atoms with E-state index in [1.807, 2.05) is 24.3 Å². The Balaban J connectivity index is 2.02. The van der Waals surface area contributed by atoms with Crippen LogP contribution in [0.4, 0.5) is 0 Å². The zero-order chi connectivity index (χ0) is 16.6. The van der Waals surface area contributed by atoms with Gasteiger partial charge in [0.2, 0.25) is 5.76 Å². The summed E-state index contributed by atoms with van der Waals surface area (Å²) >= 11 is 0. The molecule has 0 unspecified atom stereocenters. The van der Waals surface area contributed by atoms with E-state index >= 15 is 0 Å². The molecule has 0 radical (unpaired) electrons. The topological polar surface area (TPSA) is 72.4 Å². The Morgan fingerprint density at radius 3 is 2.65 bits per heavy atom. The summed E-state index contributed by atoms with van der Waals surface area (Å²) in [5.74, 6) is -0.473. The third-order valence-corrected chi connectivity index (χ3v) is 3.87. The van der Waals surface area contributed by atoms with Gasteiger partial charge in [0, 0.05) is 11.6 Å².